The highest BCUT2D eigenvalue weighted by Crippen LogP contribution is 2.37. The van der Waals surface area contributed by atoms with Crippen molar-refractivity contribution in [3.8, 4) is 0 Å². The van der Waals surface area contributed by atoms with Crippen LogP contribution < -0.4 is 0 Å². The third kappa shape index (κ3) is 1.99. The van der Waals surface area contributed by atoms with E-state index in [1.807, 2.05) is 30.3 Å². The molecular weight excluding hydrogens is 196 g/mol. The minimum Gasteiger partial charge on any atom is -0.289 e. The first-order valence-corrected chi connectivity index (χ1v) is 5.50. The van der Waals surface area contributed by atoms with E-state index in [1.54, 1.807) is 0 Å². The van der Waals surface area contributed by atoms with E-state index in [9.17, 15) is 4.79 Å². The number of benzene rings is 1. The van der Waals surface area contributed by atoms with Crippen LogP contribution in [0.15, 0.2) is 48.6 Å². The standard InChI is InChI=1S/C15H16O/c1-11-9-15(2,3)10-13(14(11)16)12-7-5-4-6-8-12/h4-8,10H,1,9H2,2-3H3. The molecule has 0 unspecified atom stereocenters. The molecule has 1 nitrogen and oxygen atoms in total. The number of allylic oxidation sites excluding steroid dienone is 3. The molecular formula is C15H16O. The van der Waals surface area contributed by atoms with Crippen LogP contribution in [0.25, 0.3) is 5.57 Å². The molecule has 0 N–H and O–H groups in total. The van der Waals surface area contributed by atoms with E-state index in [4.69, 9.17) is 0 Å². The molecule has 1 aliphatic carbocycles. The maximum Gasteiger partial charge on any atom is 0.188 e. The van der Waals surface area contributed by atoms with Gasteiger partial charge in [-0.15, -0.1) is 0 Å². The van der Waals surface area contributed by atoms with Crippen molar-refractivity contribution in [2.24, 2.45) is 5.41 Å². The second-order valence-corrected chi connectivity index (χ2v) is 5.02. The quantitative estimate of drug-likeness (QED) is 0.650. The van der Waals surface area contributed by atoms with Crippen LogP contribution in [0, 0.1) is 5.41 Å². The zero-order chi connectivity index (χ0) is 11.8. The molecule has 16 heavy (non-hydrogen) atoms. The van der Waals surface area contributed by atoms with Gasteiger partial charge in [0.1, 0.15) is 0 Å². The van der Waals surface area contributed by atoms with Gasteiger partial charge in [0.25, 0.3) is 0 Å². The van der Waals surface area contributed by atoms with Gasteiger partial charge >= 0.3 is 0 Å². The lowest BCUT2D eigenvalue weighted by Gasteiger charge is -2.28. The molecule has 1 heteroatoms. The second-order valence-electron chi connectivity index (χ2n) is 5.02. The lowest BCUT2D eigenvalue weighted by atomic mass is 9.75. The molecule has 1 aromatic carbocycles. The fraction of sp³-hybridized carbons (Fsp3) is 0.267. The first-order chi connectivity index (χ1) is 7.49. The van der Waals surface area contributed by atoms with E-state index >= 15 is 0 Å². The van der Waals surface area contributed by atoms with Crippen molar-refractivity contribution in [2.45, 2.75) is 20.3 Å². The van der Waals surface area contributed by atoms with E-state index in [0.717, 1.165) is 17.6 Å². The Hall–Kier alpha value is -1.63. The molecule has 0 bridgehead atoms. The van der Waals surface area contributed by atoms with Gasteiger partial charge < -0.3 is 0 Å². The Morgan fingerprint density at radius 3 is 2.44 bits per heavy atom. The number of hydrogen-bond acceptors (Lipinski definition) is 1. The first kappa shape index (κ1) is 10.9. The highest BCUT2D eigenvalue weighted by atomic mass is 16.1. The average molecular weight is 212 g/mol. The third-order valence-corrected chi connectivity index (χ3v) is 2.85. The van der Waals surface area contributed by atoms with Crippen molar-refractivity contribution in [3.63, 3.8) is 0 Å². The molecule has 0 aliphatic heterocycles. The smallest absolute Gasteiger partial charge is 0.188 e. The van der Waals surface area contributed by atoms with E-state index in [1.165, 1.54) is 0 Å². The summed E-state index contributed by atoms with van der Waals surface area (Å²) in [4.78, 5) is 12.0. The predicted octanol–water partition coefficient (Wildman–Crippen LogP) is 3.63. The lowest BCUT2D eigenvalue weighted by Crippen LogP contribution is -2.21. The summed E-state index contributed by atoms with van der Waals surface area (Å²) in [6.07, 6.45) is 2.82. The van der Waals surface area contributed by atoms with E-state index in [0.29, 0.717) is 5.57 Å². The summed E-state index contributed by atoms with van der Waals surface area (Å²) in [5.74, 6) is 0.0884. The monoisotopic (exact) mass is 212 g/mol. The molecule has 1 aliphatic rings. The normalized spacial score (nSPS) is 19.5. The first-order valence-electron chi connectivity index (χ1n) is 5.50. The molecule has 82 valence electrons. The van der Waals surface area contributed by atoms with Gasteiger partial charge in [0.2, 0.25) is 0 Å². The van der Waals surface area contributed by atoms with Gasteiger partial charge in [-0.05, 0) is 23.0 Å². The number of Topliss-reactive ketones (excluding diaryl/α,β-unsaturated/α-hetero) is 1. The van der Waals surface area contributed by atoms with E-state index in [-0.39, 0.29) is 11.2 Å². The van der Waals surface area contributed by atoms with Gasteiger partial charge in [0.15, 0.2) is 5.78 Å². The van der Waals surface area contributed by atoms with Gasteiger partial charge in [-0.1, -0.05) is 56.8 Å². The van der Waals surface area contributed by atoms with Crippen molar-refractivity contribution in [1.29, 1.82) is 0 Å². The van der Waals surface area contributed by atoms with Crippen LogP contribution in [-0.4, -0.2) is 5.78 Å². The summed E-state index contributed by atoms with van der Waals surface area (Å²) in [6, 6.07) is 9.80. The molecule has 0 fully saturated rings. The Balaban J connectivity index is 2.51. The third-order valence-electron chi connectivity index (χ3n) is 2.85. The highest BCUT2D eigenvalue weighted by molar-refractivity contribution is 6.29. The molecule has 1 aromatic rings. The molecule has 0 radical (unpaired) electrons. The van der Waals surface area contributed by atoms with Crippen LogP contribution in [0.3, 0.4) is 0 Å². The maximum absolute atomic E-state index is 12.0. The Morgan fingerprint density at radius 2 is 1.81 bits per heavy atom. The maximum atomic E-state index is 12.0. The topological polar surface area (TPSA) is 17.1 Å². The van der Waals surface area contributed by atoms with E-state index < -0.39 is 0 Å². The number of hydrogen-bond donors (Lipinski definition) is 0. The molecule has 0 atom stereocenters. The molecule has 0 heterocycles. The van der Waals surface area contributed by atoms with Gasteiger partial charge in [0, 0.05) is 5.57 Å². The number of carbonyl (C=O) groups excluding carboxylic acids is 1. The van der Waals surface area contributed by atoms with E-state index in [2.05, 4.69) is 26.5 Å². The lowest BCUT2D eigenvalue weighted by molar-refractivity contribution is -0.111. The van der Waals surface area contributed by atoms with Crippen LogP contribution >= 0.6 is 0 Å². The Kier molecular flexibility index (Phi) is 2.55. The summed E-state index contributed by atoms with van der Waals surface area (Å²) in [7, 11) is 0. The molecule has 0 amide bonds. The van der Waals surface area contributed by atoms with Gasteiger partial charge in [-0.3, -0.25) is 4.79 Å². The molecule has 0 aromatic heterocycles. The van der Waals surface area contributed by atoms with Gasteiger partial charge in [-0.2, -0.15) is 0 Å². The molecule has 0 saturated carbocycles. The zero-order valence-electron chi connectivity index (χ0n) is 9.79. The second kappa shape index (κ2) is 3.75. The average Bonchev–Trinajstić information content (AvgIpc) is 2.24. The fourth-order valence-electron chi connectivity index (χ4n) is 2.16. The zero-order valence-corrected chi connectivity index (χ0v) is 9.79. The molecule has 0 saturated heterocycles. The van der Waals surface area contributed by atoms with Crippen LogP contribution in [-0.2, 0) is 4.79 Å². The summed E-state index contributed by atoms with van der Waals surface area (Å²) in [6.45, 7) is 8.14. The SMILES string of the molecule is C=C1CC(C)(C)C=C(c2ccccc2)C1=O. The number of rotatable bonds is 1. The van der Waals surface area contributed by atoms with Crippen LogP contribution in [0.5, 0.6) is 0 Å². The summed E-state index contributed by atoms with van der Waals surface area (Å²) < 4.78 is 0. The molecule has 0 spiro atoms. The van der Waals surface area contributed by atoms with Gasteiger partial charge in [-0.25, -0.2) is 0 Å². The fourth-order valence-corrected chi connectivity index (χ4v) is 2.16. The minimum absolute atomic E-state index is 0.0240. The van der Waals surface area contributed by atoms with Crippen LogP contribution in [0.2, 0.25) is 0 Å². The number of carbonyl (C=O) groups is 1. The Morgan fingerprint density at radius 1 is 1.19 bits per heavy atom. The molecule has 2 rings (SSSR count). The summed E-state index contributed by atoms with van der Waals surface area (Å²) in [5, 5.41) is 0. The highest BCUT2D eigenvalue weighted by Gasteiger charge is 2.29. The van der Waals surface area contributed by atoms with Crippen molar-refractivity contribution >= 4 is 11.4 Å². The van der Waals surface area contributed by atoms with Crippen LogP contribution in [0.4, 0.5) is 0 Å². The van der Waals surface area contributed by atoms with Gasteiger partial charge in [0.05, 0.1) is 0 Å². The largest absolute Gasteiger partial charge is 0.289 e. The van der Waals surface area contributed by atoms with Crippen molar-refractivity contribution in [3.05, 3.63) is 54.1 Å². The Bertz CT molecular complexity index is 463. The van der Waals surface area contributed by atoms with Crippen molar-refractivity contribution in [2.75, 3.05) is 0 Å². The summed E-state index contributed by atoms with van der Waals surface area (Å²) in [5.41, 5.74) is 2.52. The van der Waals surface area contributed by atoms with Crippen LogP contribution in [0.1, 0.15) is 25.8 Å². The summed E-state index contributed by atoms with van der Waals surface area (Å²) >= 11 is 0. The predicted molar refractivity (Wildman–Crippen MR) is 67.0 cm³/mol. The van der Waals surface area contributed by atoms with Crippen molar-refractivity contribution < 1.29 is 4.79 Å². The number of ketones is 1. The van der Waals surface area contributed by atoms with Crippen molar-refractivity contribution in [1.82, 2.24) is 0 Å². The Labute approximate surface area is 96.5 Å². The minimum atomic E-state index is 0.0240.